The molecule has 0 aliphatic carbocycles. The Morgan fingerprint density at radius 1 is 1.35 bits per heavy atom. The molecule has 96 valence electrons. The van der Waals surface area contributed by atoms with Crippen LogP contribution >= 0.6 is 0 Å². The first-order valence-corrected chi connectivity index (χ1v) is 5.83. The van der Waals surface area contributed by atoms with E-state index >= 15 is 0 Å². The van der Waals surface area contributed by atoms with Gasteiger partial charge in [0.15, 0.2) is 0 Å². The van der Waals surface area contributed by atoms with Gasteiger partial charge in [0.05, 0.1) is 6.10 Å². The van der Waals surface area contributed by atoms with E-state index in [1.54, 1.807) is 13.1 Å². The van der Waals surface area contributed by atoms with Crippen molar-refractivity contribution in [2.24, 2.45) is 0 Å². The lowest BCUT2D eigenvalue weighted by atomic mass is 10.0. The average Bonchev–Trinajstić information content (AvgIpc) is 2.28. The molecule has 0 radical (unpaired) electrons. The van der Waals surface area contributed by atoms with Crippen LogP contribution < -0.4 is 5.32 Å². The van der Waals surface area contributed by atoms with Crippen molar-refractivity contribution in [1.82, 2.24) is 10.2 Å². The van der Waals surface area contributed by atoms with Gasteiger partial charge in [0.1, 0.15) is 5.75 Å². The molecule has 0 spiro atoms. The molecule has 0 aliphatic heterocycles. The Morgan fingerprint density at radius 3 is 2.65 bits per heavy atom. The molecule has 0 saturated heterocycles. The molecule has 1 atom stereocenters. The molecular weight excluding hydrogens is 216 g/mol. The van der Waals surface area contributed by atoms with Crippen molar-refractivity contribution >= 4 is 0 Å². The number of hydrogen-bond acceptors (Lipinski definition) is 4. The van der Waals surface area contributed by atoms with E-state index in [4.69, 9.17) is 0 Å². The Kier molecular flexibility index (Phi) is 5.41. The minimum atomic E-state index is -0.667. The Balaban J connectivity index is 2.78. The van der Waals surface area contributed by atoms with Crippen LogP contribution in [-0.4, -0.2) is 49.3 Å². The van der Waals surface area contributed by atoms with Crippen molar-refractivity contribution in [2.75, 3.05) is 34.2 Å². The molecule has 0 amide bonds. The summed E-state index contributed by atoms with van der Waals surface area (Å²) in [4.78, 5) is 2.11. The van der Waals surface area contributed by atoms with Crippen molar-refractivity contribution in [3.63, 3.8) is 0 Å². The monoisotopic (exact) mass is 238 g/mol. The largest absolute Gasteiger partial charge is 0.508 e. The van der Waals surface area contributed by atoms with Crippen molar-refractivity contribution in [3.05, 3.63) is 29.3 Å². The van der Waals surface area contributed by atoms with Gasteiger partial charge in [-0.25, -0.2) is 0 Å². The zero-order valence-corrected chi connectivity index (χ0v) is 10.8. The number of nitrogens with zero attached hydrogens (tertiary/aromatic N) is 1. The average molecular weight is 238 g/mol. The Labute approximate surface area is 103 Å². The first kappa shape index (κ1) is 14.0. The van der Waals surface area contributed by atoms with E-state index in [-0.39, 0.29) is 5.75 Å². The van der Waals surface area contributed by atoms with Crippen LogP contribution in [0.15, 0.2) is 18.2 Å². The number of phenolic OH excluding ortho intramolecular Hbond substituents is 1. The number of likely N-dealkylation sites (N-methyl/N-ethyl adjacent to an activating group) is 2. The number of aliphatic hydroxyl groups excluding tert-OH is 1. The molecule has 17 heavy (non-hydrogen) atoms. The molecule has 0 aromatic heterocycles. The van der Waals surface area contributed by atoms with E-state index in [0.717, 1.165) is 18.5 Å². The fourth-order valence-electron chi connectivity index (χ4n) is 1.68. The highest BCUT2D eigenvalue weighted by molar-refractivity contribution is 5.38. The second-order valence-corrected chi connectivity index (χ2v) is 4.52. The molecule has 0 aliphatic rings. The van der Waals surface area contributed by atoms with Crippen LogP contribution in [0.3, 0.4) is 0 Å². The zero-order valence-electron chi connectivity index (χ0n) is 10.8. The van der Waals surface area contributed by atoms with Crippen LogP contribution in [0.4, 0.5) is 0 Å². The van der Waals surface area contributed by atoms with Gasteiger partial charge in [-0.05, 0) is 45.3 Å². The molecular formula is C13H22N2O2. The highest BCUT2D eigenvalue weighted by Gasteiger charge is 2.12. The third kappa shape index (κ3) is 4.34. The van der Waals surface area contributed by atoms with Gasteiger partial charge in [0.2, 0.25) is 0 Å². The molecule has 1 aromatic rings. The topological polar surface area (TPSA) is 55.7 Å². The van der Waals surface area contributed by atoms with E-state index in [1.807, 2.05) is 26.2 Å². The standard InChI is InChI=1S/C13H22N2O2/c1-14-9-13(17)11-8-10(4-5-12(11)16)6-7-15(2)3/h4-5,8,13-14,16-17H,6-7,9H2,1-3H3. The van der Waals surface area contributed by atoms with Gasteiger partial charge in [-0.2, -0.15) is 0 Å². The zero-order chi connectivity index (χ0) is 12.8. The van der Waals surface area contributed by atoms with E-state index in [9.17, 15) is 10.2 Å². The van der Waals surface area contributed by atoms with Gasteiger partial charge in [0.25, 0.3) is 0 Å². The van der Waals surface area contributed by atoms with Crippen LogP contribution in [0.1, 0.15) is 17.2 Å². The summed E-state index contributed by atoms with van der Waals surface area (Å²) < 4.78 is 0. The number of rotatable bonds is 6. The van der Waals surface area contributed by atoms with Gasteiger partial charge in [-0.15, -0.1) is 0 Å². The molecule has 1 aromatic carbocycles. The normalized spacial score (nSPS) is 13.0. The predicted molar refractivity (Wildman–Crippen MR) is 69.3 cm³/mol. The quantitative estimate of drug-likeness (QED) is 0.684. The van der Waals surface area contributed by atoms with Gasteiger partial charge < -0.3 is 20.4 Å². The third-order valence-electron chi connectivity index (χ3n) is 2.70. The summed E-state index contributed by atoms with van der Waals surface area (Å²) in [6.07, 6.45) is 0.242. The van der Waals surface area contributed by atoms with Crippen molar-refractivity contribution in [3.8, 4) is 5.75 Å². The number of hydrogen-bond donors (Lipinski definition) is 3. The third-order valence-corrected chi connectivity index (χ3v) is 2.70. The number of nitrogens with one attached hydrogen (secondary N) is 1. The Hall–Kier alpha value is -1.10. The van der Waals surface area contributed by atoms with Gasteiger partial charge >= 0.3 is 0 Å². The van der Waals surface area contributed by atoms with Gasteiger partial charge in [-0.3, -0.25) is 0 Å². The van der Waals surface area contributed by atoms with E-state index in [1.165, 1.54) is 0 Å². The fourth-order valence-corrected chi connectivity index (χ4v) is 1.68. The summed E-state index contributed by atoms with van der Waals surface area (Å²) in [5.74, 6) is 0.154. The highest BCUT2D eigenvalue weighted by atomic mass is 16.3. The molecule has 0 fully saturated rings. The molecule has 4 nitrogen and oxygen atoms in total. The highest BCUT2D eigenvalue weighted by Crippen LogP contribution is 2.25. The minimum absolute atomic E-state index is 0.154. The summed E-state index contributed by atoms with van der Waals surface area (Å²) in [5, 5.41) is 22.5. The number of benzene rings is 1. The molecule has 0 heterocycles. The molecule has 1 rings (SSSR count). The summed E-state index contributed by atoms with van der Waals surface area (Å²) in [6, 6.07) is 5.43. The first-order chi connectivity index (χ1) is 8.04. The number of aromatic hydroxyl groups is 1. The van der Waals surface area contributed by atoms with Crippen molar-refractivity contribution in [1.29, 1.82) is 0 Å². The maximum absolute atomic E-state index is 9.87. The lowest BCUT2D eigenvalue weighted by Crippen LogP contribution is -2.17. The lowest BCUT2D eigenvalue weighted by Gasteiger charge is -2.15. The Morgan fingerprint density at radius 2 is 2.06 bits per heavy atom. The predicted octanol–water partition coefficient (Wildman–Crippen LogP) is 0.749. The van der Waals surface area contributed by atoms with Crippen LogP contribution in [0, 0.1) is 0 Å². The summed E-state index contributed by atoms with van der Waals surface area (Å²) in [5.41, 5.74) is 1.72. The molecule has 0 saturated carbocycles. The van der Waals surface area contributed by atoms with Crippen LogP contribution in [0.5, 0.6) is 5.75 Å². The van der Waals surface area contributed by atoms with Crippen molar-refractivity contribution in [2.45, 2.75) is 12.5 Å². The van der Waals surface area contributed by atoms with Crippen LogP contribution in [0.25, 0.3) is 0 Å². The van der Waals surface area contributed by atoms with Crippen LogP contribution in [0.2, 0.25) is 0 Å². The van der Waals surface area contributed by atoms with Crippen LogP contribution in [-0.2, 0) is 6.42 Å². The van der Waals surface area contributed by atoms with Gasteiger partial charge in [-0.1, -0.05) is 6.07 Å². The summed E-state index contributed by atoms with van der Waals surface area (Å²) >= 11 is 0. The van der Waals surface area contributed by atoms with Gasteiger partial charge in [0, 0.05) is 18.7 Å². The van der Waals surface area contributed by atoms with E-state index in [0.29, 0.717) is 12.1 Å². The molecule has 0 bridgehead atoms. The van der Waals surface area contributed by atoms with E-state index in [2.05, 4.69) is 10.2 Å². The SMILES string of the molecule is CNCC(O)c1cc(CCN(C)C)ccc1O. The Bertz CT molecular complexity index is 353. The van der Waals surface area contributed by atoms with E-state index < -0.39 is 6.10 Å². The fraction of sp³-hybridized carbons (Fsp3) is 0.538. The number of phenols is 1. The van der Waals surface area contributed by atoms with Crippen molar-refractivity contribution < 1.29 is 10.2 Å². The lowest BCUT2D eigenvalue weighted by molar-refractivity contribution is 0.174. The maximum Gasteiger partial charge on any atom is 0.121 e. The second kappa shape index (κ2) is 6.59. The smallest absolute Gasteiger partial charge is 0.121 e. The molecule has 4 heteroatoms. The summed E-state index contributed by atoms with van der Waals surface area (Å²) in [6.45, 7) is 1.39. The number of aliphatic hydroxyl groups is 1. The first-order valence-electron chi connectivity index (χ1n) is 5.83. The second-order valence-electron chi connectivity index (χ2n) is 4.52. The minimum Gasteiger partial charge on any atom is -0.508 e. The summed E-state index contributed by atoms with van der Waals surface area (Å²) in [7, 11) is 5.82. The molecule has 1 unspecified atom stereocenters. The maximum atomic E-state index is 9.87. The molecule has 3 N–H and O–H groups in total.